The van der Waals surface area contributed by atoms with Crippen LogP contribution in [0.1, 0.15) is 36.9 Å². The van der Waals surface area contributed by atoms with Gasteiger partial charge in [0.1, 0.15) is 0 Å². The van der Waals surface area contributed by atoms with Crippen LogP contribution < -0.4 is 10.6 Å². The third kappa shape index (κ3) is 6.07. The first-order valence-corrected chi connectivity index (χ1v) is 11.1. The van der Waals surface area contributed by atoms with Crippen molar-refractivity contribution in [2.75, 3.05) is 11.1 Å². The molecule has 3 aromatic rings. The second kappa shape index (κ2) is 10.2. The van der Waals surface area contributed by atoms with E-state index >= 15 is 0 Å². The van der Waals surface area contributed by atoms with Crippen LogP contribution in [0.4, 0.5) is 10.8 Å². The molecule has 2 aromatic carbocycles. The van der Waals surface area contributed by atoms with Gasteiger partial charge in [-0.2, -0.15) is 0 Å². The Bertz CT molecular complexity index is 898. The van der Waals surface area contributed by atoms with E-state index in [1.54, 1.807) is 0 Å². The summed E-state index contributed by atoms with van der Waals surface area (Å²) >= 11 is 2.86. The molecule has 1 amide bonds. The van der Waals surface area contributed by atoms with E-state index in [9.17, 15) is 4.79 Å². The monoisotopic (exact) mass is 412 g/mol. The predicted octanol–water partition coefficient (Wildman–Crippen LogP) is 5.34. The first-order valence-electron chi connectivity index (χ1n) is 9.28. The van der Waals surface area contributed by atoms with Crippen LogP contribution in [-0.2, 0) is 4.79 Å². The van der Waals surface area contributed by atoms with Crippen molar-refractivity contribution in [3.63, 3.8) is 0 Å². The Morgan fingerprint density at radius 2 is 1.96 bits per heavy atom. The summed E-state index contributed by atoms with van der Waals surface area (Å²) in [5.41, 5.74) is 3.31. The van der Waals surface area contributed by atoms with E-state index in [4.69, 9.17) is 0 Å². The minimum Gasteiger partial charge on any atom is -0.349 e. The number of carbonyl (C=O) groups is 1. The standard InChI is InChI=1S/C21H24N4OS2/c1-3-8-18(16-10-5-4-6-11-16)23-19(26)14-27-21-25-24-20(28-21)22-17-12-7-9-15(2)13-17/h4-7,9-13,18H,3,8,14H2,1-2H3,(H,22,24)(H,23,26)/t18-/m0/s1. The third-order valence-corrected chi connectivity index (χ3v) is 6.09. The van der Waals surface area contributed by atoms with Crippen LogP contribution in [0.25, 0.3) is 0 Å². The van der Waals surface area contributed by atoms with Crippen LogP contribution in [-0.4, -0.2) is 21.9 Å². The Labute approximate surface area is 174 Å². The number of thioether (sulfide) groups is 1. The van der Waals surface area contributed by atoms with E-state index in [0.717, 1.165) is 33.6 Å². The zero-order valence-corrected chi connectivity index (χ0v) is 17.6. The summed E-state index contributed by atoms with van der Waals surface area (Å²) in [6.07, 6.45) is 1.93. The zero-order valence-electron chi connectivity index (χ0n) is 16.0. The number of nitrogens with zero attached hydrogens (tertiary/aromatic N) is 2. The smallest absolute Gasteiger partial charge is 0.230 e. The van der Waals surface area contributed by atoms with E-state index < -0.39 is 0 Å². The van der Waals surface area contributed by atoms with E-state index in [0.29, 0.717) is 5.75 Å². The lowest BCUT2D eigenvalue weighted by molar-refractivity contribution is -0.119. The van der Waals surface area contributed by atoms with Gasteiger partial charge in [-0.15, -0.1) is 10.2 Å². The lowest BCUT2D eigenvalue weighted by atomic mass is 10.0. The summed E-state index contributed by atoms with van der Waals surface area (Å²) in [7, 11) is 0. The predicted molar refractivity (Wildman–Crippen MR) is 117 cm³/mol. The van der Waals surface area contributed by atoms with Crippen molar-refractivity contribution < 1.29 is 4.79 Å². The van der Waals surface area contributed by atoms with Gasteiger partial charge in [0, 0.05) is 5.69 Å². The van der Waals surface area contributed by atoms with Crippen molar-refractivity contribution >= 4 is 39.8 Å². The highest BCUT2D eigenvalue weighted by Gasteiger charge is 2.15. The SMILES string of the molecule is CCC[C@H](NC(=O)CSc1nnc(Nc2cccc(C)c2)s1)c1ccccc1. The van der Waals surface area contributed by atoms with Crippen LogP contribution >= 0.6 is 23.1 Å². The molecule has 0 saturated heterocycles. The van der Waals surface area contributed by atoms with Crippen LogP contribution in [0.2, 0.25) is 0 Å². The molecule has 7 heteroatoms. The minimum atomic E-state index is 0.00990. The van der Waals surface area contributed by atoms with Gasteiger partial charge in [-0.05, 0) is 36.6 Å². The lowest BCUT2D eigenvalue weighted by Gasteiger charge is -2.18. The fourth-order valence-corrected chi connectivity index (χ4v) is 4.41. The number of aryl methyl sites for hydroxylation is 1. The molecule has 0 unspecified atom stereocenters. The number of amides is 1. The Hall–Kier alpha value is -2.38. The minimum absolute atomic E-state index is 0.00990. The first kappa shape index (κ1) is 20.4. The number of hydrogen-bond donors (Lipinski definition) is 2. The number of rotatable bonds is 9. The molecule has 0 spiro atoms. The summed E-state index contributed by atoms with van der Waals surface area (Å²) in [5, 5.41) is 15.4. The van der Waals surface area contributed by atoms with Crippen molar-refractivity contribution in [3.05, 3.63) is 65.7 Å². The third-order valence-electron chi connectivity index (χ3n) is 4.12. The van der Waals surface area contributed by atoms with E-state index in [1.165, 1.54) is 28.7 Å². The fraction of sp³-hybridized carbons (Fsp3) is 0.286. The maximum absolute atomic E-state index is 12.4. The van der Waals surface area contributed by atoms with Crippen LogP contribution in [0.3, 0.4) is 0 Å². The highest BCUT2D eigenvalue weighted by atomic mass is 32.2. The molecule has 146 valence electrons. The van der Waals surface area contributed by atoms with E-state index in [1.807, 2.05) is 43.3 Å². The van der Waals surface area contributed by atoms with Crippen LogP contribution in [0.15, 0.2) is 58.9 Å². The lowest BCUT2D eigenvalue weighted by Crippen LogP contribution is -2.29. The highest BCUT2D eigenvalue weighted by Crippen LogP contribution is 2.28. The topological polar surface area (TPSA) is 66.9 Å². The molecule has 1 heterocycles. The van der Waals surface area contributed by atoms with Gasteiger partial charge in [-0.25, -0.2) is 0 Å². The maximum Gasteiger partial charge on any atom is 0.230 e. The van der Waals surface area contributed by atoms with Crippen molar-refractivity contribution in [1.82, 2.24) is 15.5 Å². The molecule has 2 N–H and O–H groups in total. The Morgan fingerprint density at radius 1 is 1.14 bits per heavy atom. The second-order valence-corrected chi connectivity index (χ2v) is 8.68. The summed E-state index contributed by atoms with van der Waals surface area (Å²) in [6, 6.07) is 18.2. The molecule has 0 aliphatic rings. The zero-order chi connectivity index (χ0) is 19.8. The van der Waals surface area contributed by atoms with Crippen molar-refractivity contribution in [2.24, 2.45) is 0 Å². The molecule has 0 aliphatic heterocycles. The molecule has 1 aromatic heterocycles. The molecule has 0 bridgehead atoms. The van der Waals surface area contributed by atoms with Gasteiger partial charge in [0.05, 0.1) is 11.8 Å². The Morgan fingerprint density at radius 3 is 2.71 bits per heavy atom. The average molecular weight is 413 g/mol. The summed E-state index contributed by atoms with van der Waals surface area (Å²) in [6.45, 7) is 4.17. The largest absolute Gasteiger partial charge is 0.349 e. The summed E-state index contributed by atoms with van der Waals surface area (Å²) in [5.74, 6) is 0.335. The average Bonchev–Trinajstić information content (AvgIpc) is 3.14. The molecule has 28 heavy (non-hydrogen) atoms. The van der Waals surface area contributed by atoms with Crippen molar-refractivity contribution in [3.8, 4) is 0 Å². The van der Waals surface area contributed by atoms with E-state index in [-0.39, 0.29) is 11.9 Å². The number of anilines is 2. The molecule has 0 fully saturated rings. The fourth-order valence-electron chi connectivity index (χ4n) is 2.82. The van der Waals surface area contributed by atoms with Crippen LogP contribution in [0.5, 0.6) is 0 Å². The van der Waals surface area contributed by atoms with Gasteiger partial charge in [0.25, 0.3) is 0 Å². The normalized spacial score (nSPS) is 11.8. The summed E-state index contributed by atoms with van der Waals surface area (Å²) < 4.78 is 0.775. The quantitative estimate of drug-likeness (QED) is 0.464. The number of nitrogens with one attached hydrogen (secondary N) is 2. The number of carbonyl (C=O) groups excluding carboxylic acids is 1. The number of aromatic nitrogens is 2. The molecule has 0 aliphatic carbocycles. The van der Waals surface area contributed by atoms with Gasteiger partial charge in [0.15, 0.2) is 4.34 Å². The molecule has 0 radical (unpaired) electrons. The van der Waals surface area contributed by atoms with Crippen molar-refractivity contribution in [1.29, 1.82) is 0 Å². The van der Waals surface area contributed by atoms with Gasteiger partial charge < -0.3 is 10.6 Å². The van der Waals surface area contributed by atoms with Crippen LogP contribution in [0, 0.1) is 6.92 Å². The molecular weight excluding hydrogens is 388 g/mol. The first-order chi connectivity index (χ1) is 13.6. The molecule has 5 nitrogen and oxygen atoms in total. The molecule has 3 rings (SSSR count). The molecular formula is C21H24N4OS2. The Kier molecular flexibility index (Phi) is 7.45. The Balaban J connectivity index is 1.52. The number of benzene rings is 2. The molecule has 1 atom stereocenters. The van der Waals surface area contributed by atoms with Gasteiger partial charge in [0.2, 0.25) is 11.0 Å². The van der Waals surface area contributed by atoms with Gasteiger partial charge in [-0.1, -0.05) is 78.9 Å². The second-order valence-electron chi connectivity index (χ2n) is 6.48. The van der Waals surface area contributed by atoms with Crippen molar-refractivity contribution in [2.45, 2.75) is 37.1 Å². The maximum atomic E-state index is 12.4. The highest BCUT2D eigenvalue weighted by molar-refractivity contribution is 8.01. The van der Waals surface area contributed by atoms with Gasteiger partial charge in [-0.3, -0.25) is 4.79 Å². The van der Waals surface area contributed by atoms with Gasteiger partial charge >= 0.3 is 0 Å². The number of hydrogen-bond acceptors (Lipinski definition) is 6. The summed E-state index contributed by atoms with van der Waals surface area (Å²) in [4.78, 5) is 12.4. The molecule has 0 saturated carbocycles. The van der Waals surface area contributed by atoms with E-state index in [2.05, 4.69) is 46.0 Å².